The summed E-state index contributed by atoms with van der Waals surface area (Å²) in [4.78, 5) is 18.6. The minimum absolute atomic E-state index is 0.130. The van der Waals surface area contributed by atoms with Crippen molar-refractivity contribution in [3.63, 3.8) is 0 Å². The van der Waals surface area contributed by atoms with Crippen molar-refractivity contribution in [3.05, 3.63) is 18.0 Å². The second-order valence-corrected chi connectivity index (χ2v) is 6.70. The Bertz CT molecular complexity index is 516. The number of carbonyl (C=O) groups is 1. The first-order chi connectivity index (χ1) is 10.8. The van der Waals surface area contributed by atoms with Crippen LogP contribution in [0, 0.1) is 0 Å². The molecule has 7 heteroatoms. The molecule has 0 unspecified atom stereocenters. The average molecular weight is 323 g/mol. The molecule has 2 rings (SSSR count). The molecule has 0 aliphatic carbocycles. The van der Waals surface area contributed by atoms with Crippen molar-refractivity contribution in [2.24, 2.45) is 7.05 Å². The lowest BCUT2D eigenvalue weighted by molar-refractivity contribution is -0.132. The van der Waals surface area contributed by atoms with Gasteiger partial charge in [-0.2, -0.15) is 5.10 Å². The fourth-order valence-corrected chi connectivity index (χ4v) is 3.05. The molecule has 1 aromatic heterocycles. The van der Waals surface area contributed by atoms with E-state index >= 15 is 0 Å². The Kier molecular flexibility index (Phi) is 6.15. The van der Waals surface area contributed by atoms with E-state index in [1.807, 2.05) is 27.2 Å². The van der Waals surface area contributed by atoms with E-state index in [2.05, 4.69) is 21.8 Å². The van der Waals surface area contributed by atoms with Gasteiger partial charge in [-0.15, -0.1) is 0 Å². The first-order valence-corrected chi connectivity index (χ1v) is 8.21. The van der Waals surface area contributed by atoms with Gasteiger partial charge in [0, 0.05) is 64.6 Å². The van der Waals surface area contributed by atoms with Gasteiger partial charge in [-0.05, 0) is 13.8 Å². The van der Waals surface area contributed by atoms with Crippen molar-refractivity contribution in [2.45, 2.75) is 32.5 Å². The summed E-state index contributed by atoms with van der Waals surface area (Å²) in [5, 5.41) is 13.7. The summed E-state index contributed by atoms with van der Waals surface area (Å²) in [6, 6.07) is 0.356. The first-order valence-electron chi connectivity index (χ1n) is 8.21. The van der Waals surface area contributed by atoms with Crippen LogP contribution in [0.5, 0.6) is 0 Å². The van der Waals surface area contributed by atoms with Crippen LogP contribution in [0.25, 0.3) is 0 Å². The maximum atomic E-state index is 12.4. The number of piperazine rings is 1. The molecule has 23 heavy (non-hydrogen) atoms. The van der Waals surface area contributed by atoms with E-state index in [0.29, 0.717) is 25.7 Å². The molecule has 7 nitrogen and oxygen atoms in total. The van der Waals surface area contributed by atoms with Crippen molar-refractivity contribution in [1.29, 1.82) is 0 Å². The van der Waals surface area contributed by atoms with Gasteiger partial charge < -0.3 is 10.0 Å². The summed E-state index contributed by atoms with van der Waals surface area (Å²) in [5.41, 5.74) is 1.04. The molecule has 2 atom stereocenters. The van der Waals surface area contributed by atoms with E-state index in [4.69, 9.17) is 0 Å². The Morgan fingerprint density at radius 1 is 1.52 bits per heavy atom. The van der Waals surface area contributed by atoms with E-state index in [-0.39, 0.29) is 12.0 Å². The summed E-state index contributed by atoms with van der Waals surface area (Å²) in [6.45, 7) is 8.32. The average Bonchev–Trinajstić information content (AvgIpc) is 2.86. The van der Waals surface area contributed by atoms with Crippen LogP contribution >= 0.6 is 0 Å². The molecule has 0 spiro atoms. The van der Waals surface area contributed by atoms with Crippen LogP contribution in [-0.4, -0.2) is 87.4 Å². The minimum Gasteiger partial charge on any atom is -0.392 e. The third-order valence-corrected chi connectivity index (χ3v) is 4.31. The molecule has 0 radical (unpaired) electrons. The lowest BCUT2D eigenvalue weighted by atomic mass is 10.1. The van der Waals surface area contributed by atoms with Crippen LogP contribution in [-0.2, 0) is 18.4 Å². The topological polar surface area (TPSA) is 64.8 Å². The molecule has 1 aromatic rings. The number of hydrogen-bond donors (Lipinski definition) is 1. The number of aromatic nitrogens is 2. The second-order valence-electron chi connectivity index (χ2n) is 6.70. The molecule has 2 heterocycles. The van der Waals surface area contributed by atoms with E-state index in [1.54, 1.807) is 15.8 Å². The smallest absolute Gasteiger partial charge is 0.236 e. The van der Waals surface area contributed by atoms with Gasteiger partial charge in [0.05, 0.1) is 18.8 Å². The standard InChI is InChI=1S/C16H29N5O2/c1-13-8-20(5-6-21(13)9-14(2)22)12-16(23)18(3)10-15-7-17-19(4)11-15/h7,11,13-14,22H,5-6,8-10,12H2,1-4H3/t13-,14+/m1/s1. The molecular formula is C16H29N5O2. The third-order valence-electron chi connectivity index (χ3n) is 4.31. The Labute approximate surface area is 138 Å². The number of likely N-dealkylation sites (N-methyl/N-ethyl adjacent to an activating group) is 1. The summed E-state index contributed by atoms with van der Waals surface area (Å²) < 4.78 is 1.75. The molecule has 1 N–H and O–H groups in total. The van der Waals surface area contributed by atoms with Gasteiger partial charge in [0.15, 0.2) is 0 Å². The van der Waals surface area contributed by atoms with E-state index in [0.717, 1.165) is 25.2 Å². The summed E-state index contributed by atoms with van der Waals surface area (Å²) in [6.07, 6.45) is 3.41. The monoisotopic (exact) mass is 323 g/mol. The number of rotatable bonds is 6. The number of β-amino-alcohol motifs (C(OH)–C–C–N with tert-alkyl or cyclic N) is 1. The summed E-state index contributed by atoms with van der Waals surface area (Å²) >= 11 is 0. The summed E-state index contributed by atoms with van der Waals surface area (Å²) in [5.74, 6) is 0.130. The molecule has 0 bridgehead atoms. The maximum Gasteiger partial charge on any atom is 0.236 e. The van der Waals surface area contributed by atoms with Gasteiger partial charge in [-0.1, -0.05) is 0 Å². The fraction of sp³-hybridized carbons (Fsp3) is 0.750. The molecule has 1 aliphatic heterocycles. The zero-order valence-electron chi connectivity index (χ0n) is 14.6. The van der Waals surface area contributed by atoms with E-state index < -0.39 is 0 Å². The lowest BCUT2D eigenvalue weighted by Crippen LogP contribution is -2.55. The SMILES string of the molecule is C[C@H](O)CN1CCN(CC(=O)N(C)Cc2cnn(C)c2)C[C@H]1C. The van der Waals surface area contributed by atoms with E-state index in [9.17, 15) is 9.90 Å². The molecule has 130 valence electrons. The predicted molar refractivity (Wildman–Crippen MR) is 88.8 cm³/mol. The lowest BCUT2D eigenvalue weighted by Gasteiger charge is -2.40. The van der Waals surface area contributed by atoms with Crippen molar-refractivity contribution in [1.82, 2.24) is 24.5 Å². The molecule has 1 fully saturated rings. The number of amides is 1. The second kappa shape index (κ2) is 7.90. The van der Waals surface area contributed by atoms with Crippen LogP contribution in [0.1, 0.15) is 19.4 Å². The largest absolute Gasteiger partial charge is 0.392 e. The molecule has 1 saturated heterocycles. The fourth-order valence-electron chi connectivity index (χ4n) is 3.05. The van der Waals surface area contributed by atoms with Crippen LogP contribution in [0.15, 0.2) is 12.4 Å². The van der Waals surface area contributed by atoms with Gasteiger partial charge in [-0.3, -0.25) is 19.3 Å². The van der Waals surface area contributed by atoms with Crippen LogP contribution in [0.4, 0.5) is 0 Å². The van der Waals surface area contributed by atoms with Gasteiger partial charge >= 0.3 is 0 Å². The third kappa shape index (κ3) is 5.30. The highest BCUT2D eigenvalue weighted by atomic mass is 16.3. The highest BCUT2D eigenvalue weighted by molar-refractivity contribution is 5.78. The van der Waals surface area contributed by atoms with Crippen LogP contribution in [0.3, 0.4) is 0 Å². The Morgan fingerprint density at radius 2 is 2.26 bits per heavy atom. The number of aryl methyl sites for hydroxylation is 1. The minimum atomic E-state index is -0.309. The number of aliphatic hydroxyl groups excluding tert-OH is 1. The van der Waals surface area contributed by atoms with Crippen molar-refractivity contribution >= 4 is 5.91 Å². The Hall–Kier alpha value is -1.44. The van der Waals surface area contributed by atoms with Gasteiger partial charge in [0.2, 0.25) is 5.91 Å². The van der Waals surface area contributed by atoms with Crippen molar-refractivity contribution in [3.8, 4) is 0 Å². The van der Waals surface area contributed by atoms with Crippen LogP contribution in [0.2, 0.25) is 0 Å². The van der Waals surface area contributed by atoms with Gasteiger partial charge in [0.25, 0.3) is 0 Å². The highest BCUT2D eigenvalue weighted by Gasteiger charge is 2.26. The zero-order valence-corrected chi connectivity index (χ0v) is 14.6. The van der Waals surface area contributed by atoms with Gasteiger partial charge in [-0.25, -0.2) is 0 Å². The van der Waals surface area contributed by atoms with Crippen molar-refractivity contribution in [2.75, 3.05) is 39.8 Å². The number of aliphatic hydroxyl groups is 1. The normalized spacial score (nSPS) is 21.3. The van der Waals surface area contributed by atoms with Crippen molar-refractivity contribution < 1.29 is 9.90 Å². The summed E-state index contributed by atoms with van der Waals surface area (Å²) in [7, 11) is 3.71. The molecule has 0 aromatic carbocycles. The Morgan fingerprint density at radius 3 is 2.83 bits per heavy atom. The number of hydrogen-bond acceptors (Lipinski definition) is 5. The maximum absolute atomic E-state index is 12.4. The quantitative estimate of drug-likeness (QED) is 0.783. The highest BCUT2D eigenvalue weighted by Crippen LogP contribution is 2.11. The number of carbonyl (C=O) groups excluding carboxylic acids is 1. The molecule has 1 amide bonds. The zero-order chi connectivity index (χ0) is 17.0. The van der Waals surface area contributed by atoms with Gasteiger partial charge in [0.1, 0.15) is 0 Å². The number of nitrogens with zero attached hydrogens (tertiary/aromatic N) is 5. The van der Waals surface area contributed by atoms with E-state index in [1.165, 1.54) is 0 Å². The van der Waals surface area contributed by atoms with Crippen LogP contribution < -0.4 is 0 Å². The first kappa shape index (κ1) is 17.9. The molecule has 1 aliphatic rings. The predicted octanol–water partition coefficient (Wildman–Crippen LogP) is -0.235. The molecular weight excluding hydrogens is 294 g/mol. The molecule has 0 saturated carbocycles. The Balaban J connectivity index is 1.79.